The number of amides is 1. The first kappa shape index (κ1) is 11.6. The number of nitrogens with two attached hydrogens (primary N) is 1. The third kappa shape index (κ3) is 5.86. The van der Waals surface area contributed by atoms with Gasteiger partial charge in [-0.15, -0.1) is 0 Å². The summed E-state index contributed by atoms with van der Waals surface area (Å²) in [5, 5.41) is 8.50. The first-order valence-electron chi connectivity index (χ1n) is 3.80. The fourth-order valence-electron chi connectivity index (χ4n) is 0.711. The molecule has 0 aliphatic carbocycles. The molecule has 0 saturated heterocycles. The molecule has 0 radical (unpaired) electrons. The van der Waals surface area contributed by atoms with E-state index < -0.39 is 11.9 Å². The zero-order chi connectivity index (χ0) is 10.4. The molecule has 0 bridgehead atoms. The van der Waals surface area contributed by atoms with Gasteiger partial charge in [0.1, 0.15) is 0 Å². The molecular weight excluding hydrogens is 172 g/mol. The highest BCUT2D eigenvalue weighted by Gasteiger charge is 2.02. The zero-order valence-electron chi connectivity index (χ0n) is 7.78. The molecule has 0 aliphatic rings. The van der Waals surface area contributed by atoms with E-state index in [1.54, 1.807) is 11.9 Å². The van der Waals surface area contributed by atoms with Crippen molar-refractivity contribution in [3.8, 4) is 0 Å². The van der Waals surface area contributed by atoms with Gasteiger partial charge >= 0.3 is 5.97 Å². The van der Waals surface area contributed by atoms with Gasteiger partial charge in [-0.2, -0.15) is 0 Å². The van der Waals surface area contributed by atoms with E-state index in [-0.39, 0.29) is 12.1 Å². The summed E-state index contributed by atoms with van der Waals surface area (Å²) in [6.45, 7) is 2.03. The summed E-state index contributed by atoms with van der Waals surface area (Å²) >= 11 is 0. The van der Waals surface area contributed by atoms with Crippen LogP contribution >= 0.6 is 0 Å². The summed E-state index contributed by atoms with van der Waals surface area (Å²) < 4.78 is 0. The molecule has 0 atom stereocenters. The average Bonchev–Trinajstić information content (AvgIpc) is 1.98. The molecule has 0 aromatic heterocycles. The molecule has 0 rings (SSSR count). The van der Waals surface area contributed by atoms with Crippen LogP contribution in [0.4, 0.5) is 0 Å². The zero-order valence-corrected chi connectivity index (χ0v) is 7.78. The number of likely N-dealkylation sites (N-methyl/N-ethyl adjacent to an activating group) is 1. The second-order valence-electron chi connectivity index (χ2n) is 2.86. The molecule has 0 aliphatic heterocycles. The van der Waals surface area contributed by atoms with Crippen molar-refractivity contribution in [1.82, 2.24) is 4.90 Å². The molecule has 13 heavy (non-hydrogen) atoms. The van der Waals surface area contributed by atoms with Gasteiger partial charge in [-0.3, -0.25) is 9.69 Å². The lowest BCUT2D eigenvalue weighted by atomic mass is 10.3. The normalized spacial score (nSPS) is 11.8. The Morgan fingerprint density at radius 1 is 1.54 bits per heavy atom. The van der Waals surface area contributed by atoms with E-state index in [4.69, 9.17) is 10.8 Å². The Morgan fingerprint density at radius 2 is 2.08 bits per heavy atom. The van der Waals surface area contributed by atoms with Crippen LogP contribution < -0.4 is 5.73 Å². The standard InChI is InChI=1S/C8H14N2O3/c1-6(8(12)13)3-4-10(2)5-7(9)11/h3H,4-5H2,1-2H3,(H2,9,11)(H,12,13). The third-order valence-electron chi connectivity index (χ3n) is 1.47. The molecule has 5 heteroatoms. The van der Waals surface area contributed by atoms with Crippen LogP contribution in [0, 0.1) is 0 Å². The van der Waals surface area contributed by atoms with E-state index in [9.17, 15) is 9.59 Å². The van der Waals surface area contributed by atoms with Crippen molar-refractivity contribution in [3.63, 3.8) is 0 Å². The van der Waals surface area contributed by atoms with Crippen LogP contribution in [-0.4, -0.2) is 42.0 Å². The Hall–Kier alpha value is -1.36. The van der Waals surface area contributed by atoms with Gasteiger partial charge in [-0.1, -0.05) is 6.08 Å². The summed E-state index contributed by atoms with van der Waals surface area (Å²) in [7, 11) is 1.69. The van der Waals surface area contributed by atoms with Crippen molar-refractivity contribution in [3.05, 3.63) is 11.6 Å². The van der Waals surface area contributed by atoms with E-state index >= 15 is 0 Å². The van der Waals surface area contributed by atoms with Gasteiger partial charge in [0.15, 0.2) is 0 Å². The predicted molar refractivity (Wildman–Crippen MR) is 48.1 cm³/mol. The Balaban J connectivity index is 3.94. The van der Waals surface area contributed by atoms with E-state index in [1.807, 2.05) is 0 Å². The van der Waals surface area contributed by atoms with E-state index in [0.717, 1.165) is 0 Å². The molecule has 1 amide bonds. The number of carbonyl (C=O) groups excluding carboxylic acids is 1. The number of carbonyl (C=O) groups is 2. The highest BCUT2D eigenvalue weighted by atomic mass is 16.4. The van der Waals surface area contributed by atoms with Crippen LogP contribution in [0.15, 0.2) is 11.6 Å². The second kappa shape index (κ2) is 5.31. The van der Waals surface area contributed by atoms with Crippen LogP contribution in [0.3, 0.4) is 0 Å². The molecule has 0 heterocycles. The number of carboxylic acids is 1. The first-order chi connectivity index (χ1) is 5.93. The number of hydrogen-bond acceptors (Lipinski definition) is 3. The van der Waals surface area contributed by atoms with Crippen LogP contribution in [0.2, 0.25) is 0 Å². The largest absolute Gasteiger partial charge is 0.478 e. The SMILES string of the molecule is CC(=CCN(C)CC(N)=O)C(=O)O. The maximum absolute atomic E-state index is 10.4. The van der Waals surface area contributed by atoms with E-state index in [0.29, 0.717) is 6.54 Å². The molecule has 0 fully saturated rings. The fourth-order valence-corrected chi connectivity index (χ4v) is 0.711. The minimum Gasteiger partial charge on any atom is -0.478 e. The van der Waals surface area contributed by atoms with Crippen molar-refractivity contribution in [2.24, 2.45) is 5.73 Å². The third-order valence-corrected chi connectivity index (χ3v) is 1.47. The average molecular weight is 186 g/mol. The Labute approximate surface area is 76.8 Å². The van der Waals surface area contributed by atoms with Gasteiger partial charge in [0, 0.05) is 12.1 Å². The van der Waals surface area contributed by atoms with Gasteiger partial charge in [0.05, 0.1) is 6.54 Å². The molecule has 3 N–H and O–H groups in total. The van der Waals surface area contributed by atoms with E-state index in [1.165, 1.54) is 13.0 Å². The minimum absolute atomic E-state index is 0.128. The van der Waals surface area contributed by atoms with Gasteiger partial charge in [-0.25, -0.2) is 4.79 Å². The van der Waals surface area contributed by atoms with Crippen molar-refractivity contribution in [2.45, 2.75) is 6.92 Å². The van der Waals surface area contributed by atoms with Crippen LogP contribution in [0.5, 0.6) is 0 Å². The maximum Gasteiger partial charge on any atom is 0.330 e. The highest BCUT2D eigenvalue weighted by Crippen LogP contribution is 1.92. The van der Waals surface area contributed by atoms with Gasteiger partial charge < -0.3 is 10.8 Å². The number of hydrogen-bond donors (Lipinski definition) is 2. The molecule has 0 aromatic rings. The van der Waals surface area contributed by atoms with Crippen molar-refractivity contribution >= 4 is 11.9 Å². The fraction of sp³-hybridized carbons (Fsp3) is 0.500. The lowest BCUT2D eigenvalue weighted by molar-refractivity contribution is -0.132. The number of carboxylic acid groups (broad SMARTS) is 1. The van der Waals surface area contributed by atoms with Crippen LogP contribution in [0.25, 0.3) is 0 Å². The summed E-state index contributed by atoms with van der Waals surface area (Å²) in [4.78, 5) is 22.4. The van der Waals surface area contributed by atoms with E-state index in [2.05, 4.69) is 0 Å². The van der Waals surface area contributed by atoms with Crippen molar-refractivity contribution < 1.29 is 14.7 Å². The second-order valence-corrected chi connectivity index (χ2v) is 2.86. The number of primary amides is 1. The topological polar surface area (TPSA) is 83.6 Å². The molecule has 0 saturated carbocycles. The minimum atomic E-state index is -0.951. The molecule has 74 valence electrons. The summed E-state index contributed by atoms with van der Waals surface area (Å²) in [5.74, 6) is -1.38. The Kier molecular flexibility index (Phi) is 4.76. The summed E-state index contributed by atoms with van der Waals surface area (Å²) in [6.07, 6.45) is 1.53. The Morgan fingerprint density at radius 3 is 2.46 bits per heavy atom. The molecular formula is C8H14N2O3. The number of aliphatic carboxylic acids is 1. The number of nitrogens with zero attached hydrogens (tertiary/aromatic N) is 1. The van der Waals surface area contributed by atoms with Crippen LogP contribution in [0.1, 0.15) is 6.92 Å². The smallest absolute Gasteiger partial charge is 0.330 e. The lowest BCUT2D eigenvalue weighted by Crippen LogP contribution is -2.30. The number of rotatable bonds is 5. The van der Waals surface area contributed by atoms with Crippen LogP contribution in [-0.2, 0) is 9.59 Å². The highest BCUT2D eigenvalue weighted by molar-refractivity contribution is 5.85. The Bertz CT molecular complexity index is 236. The first-order valence-corrected chi connectivity index (χ1v) is 3.80. The van der Waals surface area contributed by atoms with Gasteiger partial charge in [0.25, 0.3) is 0 Å². The molecule has 5 nitrogen and oxygen atoms in total. The maximum atomic E-state index is 10.4. The lowest BCUT2D eigenvalue weighted by Gasteiger charge is -2.11. The van der Waals surface area contributed by atoms with Crippen molar-refractivity contribution in [1.29, 1.82) is 0 Å². The van der Waals surface area contributed by atoms with Gasteiger partial charge in [0.2, 0.25) is 5.91 Å². The quantitative estimate of drug-likeness (QED) is 0.563. The summed E-state index contributed by atoms with van der Waals surface area (Å²) in [6, 6.07) is 0. The van der Waals surface area contributed by atoms with Crippen molar-refractivity contribution in [2.75, 3.05) is 20.1 Å². The predicted octanol–water partition coefficient (Wildman–Crippen LogP) is -0.566. The molecule has 0 spiro atoms. The summed E-state index contributed by atoms with van der Waals surface area (Å²) in [5.41, 5.74) is 5.20. The molecule has 0 aromatic carbocycles. The monoisotopic (exact) mass is 186 g/mol. The van der Waals surface area contributed by atoms with Gasteiger partial charge in [-0.05, 0) is 14.0 Å². The molecule has 0 unspecified atom stereocenters.